The number of benzene rings is 2. The molecule has 0 atom stereocenters. The summed E-state index contributed by atoms with van der Waals surface area (Å²) in [6.45, 7) is 4.96. The molecule has 1 aliphatic heterocycles. The molecule has 0 unspecified atom stereocenters. The number of fused-ring (bicyclic) bond motifs is 3. The SMILES string of the molecule is CCN1CCc2c(sc3nc(SCC(=O)c4ccc(OC)cc4)n(-c4ccccc4)c(=O)c23)C1. The summed E-state index contributed by atoms with van der Waals surface area (Å²) >= 11 is 2.91. The number of methoxy groups -OCH3 is 1. The van der Waals surface area contributed by atoms with E-state index in [0.29, 0.717) is 16.5 Å². The van der Waals surface area contributed by atoms with Gasteiger partial charge >= 0.3 is 0 Å². The van der Waals surface area contributed by atoms with Crippen LogP contribution in [0.3, 0.4) is 0 Å². The van der Waals surface area contributed by atoms with Crippen LogP contribution in [0.15, 0.2) is 64.5 Å². The summed E-state index contributed by atoms with van der Waals surface area (Å²) in [5, 5.41) is 1.27. The van der Waals surface area contributed by atoms with Gasteiger partial charge in [0.15, 0.2) is 10.9 Å². The van der Waals surface area contributed by atoms with E-state index in [-0.39, 0.29) is 17.1 Å². The third-order valence-corrected chi connectivity index (χ3v) is 8.18. The molecular weight excluding hydrogens is 466 g/mol. The molecule has 0 N–H and O–H groups in total. The number of hydrogen-bond donors (Lipinski definition) is 0. The van der Waals surface area contributed by atoms with Gasteiger partial charge in [0.1, 0.15) is 10.6 Å². The molecule has 1 aliphatic rings. The number of para-hydroxylation sites is 1. The zero-order chi connectivity index (χ0) is 23.7. The van der Waals surface area contributed by atoms with Crippen LogP contribution in [0.1, 0.15) is 27.7 Å². The van der Waals surface area contributed by atoms with Gasteiger partial charge in [0.05, 0.1) is 23.9 Å². The van der Waals surface area contributed by atoms with E-state index in [1.54, 1.807) is 47.3 Å². The second kappa shape index (κ2) is 9.74. The van der Waals surface area contributed by atoms with Gasteiger partial charge in [-0.3, -0.25) is 19.1 Å². The Balaban J connectivity index is 1.54. The number of carbonyl (C=O) groups is 1. The van der Waals surface area contributed by atoms with E-state index in [1.807, 2.05) is 30.3 Å². The monoisotopic (exact) mass is 491 g/mol. The molecule has 4 aromatic rings. The number of Topliss-reactive ketones (excluding diaryl/α,β-unsaturated/α-hetero) is 1. The fraction of sp³-hybridized carbons (Fsp3) is 0.269. The quantitative estimate of drug-likeness (QED) is 0.210. The standard InChI is InChI=1S/C26H25N3O3S2/c1-3-28-14-13-20-22(15-28)34-24-23(20)25(31)29(18-7-5-4-6-8-18)26(27-24)33-16-21(30)17-9-11-19(32-2)12-10-17/h4-12H,3,13-16H2,1-2H3. The van der Waals surface area contributed by atoms with Crippen LogP contribution in [0.5, 0.6) is 5.75 Å². The number of likely N-dealkylation sites (N-methyl/N-ethyl adjacent to an activating group) is 1. The average molecular weight is 492 g/mol. The molecule has 0 aliphatic carbocycles. The molecular formula is C26H25N3O3S2. The minimum Gasteiger partial charge on any atom is -0.497 e. The molecule has 0 radical (unpaired) electrons. The minimum atomic E-state index is -0.0574. The van der Waals surface area contributed by atoms with Crippen molar-refractivity contribution in [2.75, 3.05) is 26.0 Å². The zero-order valence-corrected chi connectivity index (χ0v) is 20.7. The number of nitrogens with zero attached hydrogens (tertiary/aromatic N) is 3. The Kier molecular flexibility index (Phi) is 6.54. The summed E-state index contributed by atoms with van der Waals surface area (Å²) in [4.78, 5) is 36.0. The van der Waals surface area contributed by atoms with Crippen LogP contribution in [-0.2, 0) is 13.0 Å². The summed E-state index contributed by atoms with van der Waals surface area (Å²) in [6, 6.07) is 16.6. The molecule has 5 rings (SSSR count). The molecule has 34 heavy (non-hydrogen) atoms. The Hall–Kier alpha value is -2.94. The molecule has 2 aromatic heterocycles. The third kappa shape index (κ3) is 4.29. The largest absolute Gasteiger partial charge is 0.497 e. The van der Waals surface area contributed by atoms with Crippen molar-refractivity contribution >= 4 is 39.1 Å². The van der Waals surface area contributed by atoms with Crippen molar-refractivity contribution in [2.24, 2.45) is 0 Å². The number of hydrogen-bond acceptors (Lipinski definition) is 7. The van der Waals surface area contributed by atoms with Crippen molar-refractivity contribution in [3.8, 4) is 11.4 Å². The van der Waals surface area contributed by atoms with Crippen LogP contribution in [0.25, 0.3) is 15.9 Å². The maximum absolute atomic E-state index is 13.8. The molecule has 3 heterocycles. The maximum Gasteiger partial charge on any atom is 0.267 e. The molecule has 174 valence electrons. The van der Waals surface area contributed by atoms with E-state index in [4.69, 9.17) is 9.72 Å². The lowest BCUT2D eigenvalue weighted by molar-refractivity contribution is 0.102. The molecule has 0 amide bonds. The first-order valence-corrected chi connectivity index (χ1v) is 13.0. The topological polar surface area (TPSA) is 64.4 Å². The van der Waals surface area contributed by atoms with E-state index in [1.165, 1.54) is 16.6 Å². The first-order chi connectivity index (χ1) is 16.6. The van der Waals surface area contributed by atoms with E-state index in [2.05, 4.69) is 11.8 Å². The molecule has 0 fully saturated rings. The lowest BCUT2D eigenvalue weighted by Crippen LogP contribution is -2.30. The van der Waals surface area contributed by atoms with Crippen LogP contribution in [0.4, 0.5) is 0 Å². The van der Waals surface area contributed by atoms with Crippen molar-refractivity contribution in [2.45, 2.75) is 25.0 Å². The Morgan fingerprint density at radius 2 is 1.91 bits per heavy atom. The predicted molar refractivity (Wildman–Crippen MR) is 138 cm³/mol. The van der Waals surface area contributed by atoms with Crippen molar-refractivity contribution < 1.29 is 9.53 Å². The van der Waals surface area contributed by atoms with Gasteiger partial charge in [0, 0.05) is 23.5 Å². The van der Waals surface area contributed by atoms with Gasteiger partial charge in [0.2, 0.25) is 0 Å². The molecule has 6 nitrogen and oxygen atoms in total. The van der Waals surface area contributed by atoms with Crippen LogP contribution >= 0.6 is 23.1 Å². The second-order valence-electron chi connectivity index (χ2n) is 8.11. The number of ketones is 1. The van der Waals surface area contributed by atoms with Gasteiger partial charge in [-0.05, 0) is 54.9 Å². The van der Waals surface area contributed by atoms with Gasteiger partial charge in [-0.15, -0.1) is 11.3 Å². The summed E-state index contributed by atoms with van der Waals surface area (Å²) < 4.78 is 6.84. The summed E-state index contributed by atoms with van der Waals surface area (Å²) in [5.74, 6) is 0.870. The minimum absolute atomic E-state index is 0.0225. The van der Waals surface area contributed by atoms with Gasteiger partial charge in [-0.25, -0.2) is 4.98 Å². The van der Waals surface area contributed by atoms with Crippen LogP contribution in [0, 0.1) is 0 Å². The number of ether oxygens (including phenoxy) is 1. The smallest absolute Gasteiger partial charge is 0.267 e. The third-order valence-electron chi connectivity index (χ3n) is 6.13. The zero-order valence-electron chi connectivity index (χ0n) is 19.1. The van der Waals surface area contributed by atoms with Crippen molar-refractivity contribution in [3.63, 3.8) is 0 Å². The lowest BCUT2D eigenvalue weighted by Gasteiger charge is -2.25. The fourth-order valence-electron chi connectivity index (χ4n) is 4.24. The molecule has 0 bridgehead atoms. The summed E-state index contributed by atoms with van der Waals surface area (Å²) in [6.07, 6.45) is 0.858. The fourth-order valence-corrected chi connectivity index (χ4v) is 6.45. The highest BCUT2D eigenvalue weighted by molar-refractivity contribution is 7.99. The highest BCUT2D eigenvalue weighted by atomic mass is 32.2. The average Bonchev–Trinajstić information content (AvgIpc) is 3.25. The molecule has 0 saturated carbocycles. The Labute approximate surface area is 206 Å². The van der Waals surface area contributed by atoms with Gasteiger partial charge in [0.25, 0.3) is 5.56 Å². The first-order valence-electron chi connectivity index (χ1n) is 11.2. The number of aromatic nitrogens is 2. The van der Waals surface area contributed by atoms with Crippen molar-refractivity contribution in [3.05, 3.63) is 81.0 Å². The Morgan fingerprint density at radius 1 is 1.15 bits per heavy atom. The summed E-state index contributed by atoms with van der Waals surface area (Å²) in [7, 11) is 1.60. The van der Waals surface area contributed by atoms with E-state index >= 15 is 0 Å². The van der Waals surface area contributed by atoms with Gasteiger partial charge < -0.3 is 4.74 Å². The van der Waals surface area contributed by atoms with E-state index in [9.17, 15) is 9.59 Å². The van der Waals surface area contributed by atoms with E-state index in [0.717, 1.165) is 47.5 Å². The van der Waals surface area contributed by atoms with Crippen LogP contribution in [0.2, 0.25) is 0 Å². The number of rotatable bonds is 7. The molecule has 0 saturated heterocycles. The molecule has 8 heteroatoms. The first kappa shape index (κ1) is 22.8. The van der Waals surface area contributed by atoms with Gasteiger partial charge in [-0.1, -0.05) is 36.9 Å². The highest BCUT2D eigenvalue weighted by Gasteiger charge is 2.25. The number of thiophene rings is 1. The van der Waals surface area contributed by atoms with Crippen molar-refractivity contribution in [1.82, 2.24) is 14.5 Å². The molecule has 0 spiro atoms. The Bertz CT molecular complexity index is 1400. The lowest BCUT2D eigenvalue weighted by atomic mass is 10.1. The summed E-state index contributed by atoms with van der Waals surface area (Å²) in [5.41, 5.74) is 2.44. The predicted octanol–water partition coefficient (Wildman–Crippen LogP) is 4.81. The highest BCUT2D eigenvalue weighted by Crippen LogP contribution is 2.34. The van der Waals surface area contributed by atoms with Gasteiger partial charge in [-0.2, -0.15) is 0 Å². The molecule has 2 aromatic carbocycles. The van der Waals surface area contributed by atoms with Crippen LogP contribution < -0.4 is 10.3 Å². The van der Waals surface area contributed by atoms with Crippen LogP contribution in [-0.4, -0.2) is 46.2 Å². The number of carbonyl (C=O) groups excluding carboxylic acids is 1. The number of thioether (sulfide) groups is 1. The second-order valence-corrected chi connectivity index (χ2v) is 10.1. The maximum atomic E-state index is 13.8. The normalized spacial score (nSPS) is 13.7. The van der Waals surface area contributed by atoms with Crippen molar-refractivity contribution in [1.29, 1.82) is 0 Å². The Morgan fingerprint density at radius 3 is 2.62 bits per heavy atom. The van der Waals surface area contributed by atoms with E-state index < -0.39 is 0 Å².